The van der Waals surface area contributed by atoms with E-state index in [9.17, 15) is 43.3 Å². The van der Waals surface area contributed by atoms with Crippen LogP contribution in [-0.2, 0) is 37.0 Å². The average molecular weight is 871 g/mol. The molecule has 6 heterocycles. The van der Waals surface area contributed by atoms with Crippen molar-refractivity contribution in [2.75, 3.05) is 39.3 Å². The van der Waals surface area contributed by atoms with Gasteiger partial charge in [-0.15, -0.1) is 0 Å². The Bertz CT molecular complexity index is 2160. The molecule has 0 unspecified atom stereocenters. The van der Waals surface area contributed by atoms with Gasteiger partial charge in [0.15, 0.2) is 0 Å². The molecule has 5 amide bonds. The lowest BCUT2D eigenvalue weighted by Crippen LogP contribution is -2.58. The molecule has 0 aromatic heterocycles. The fourth-order valence-corrected chi connectivity index (χ4v) is 9.89. The van der Waals surface area contributed by atoms with Crippen LogP contribution in [0.25, 0.3) is 0 Å². The number of amides is 5. The molecule has 0 spiro atoms. The van der Waals surface area contributed by atoms with Crippen LogP contribution in [0.2, 0.25) is 0 Å². The molecule has 6 saturated heterocycles. The van der Waals surface area contributed by atoms with E-state index >= 15 is 0 Å². The summed E-state index contributed by atoms with van der Waals surface area (Å²) in [7, 11) is 0. The molecule has 0 aliphatic carbocycles. The molecule has 18 heteroatoms. The molecule has 0 saturated carbocycles. The van der Waals surface area contributed by atoms with Crippen LogP contribution in [0.1, 0.15) is 70.4 Å². The SMILES string of the molecule is CC(C)(C)OC(=O)N[C@@H](CN1C[C@@H]2C[C@H]1C(=O)N2Cc1cccc(F)c1)C(=O)N1CCC[C@H]1C#N.N#C[C@@H]1CCCN1C(=O)[C@@H](N)CN1C[C@@H]2C[C@H]1C(=O)N2Cc1cccc(F)c1. The minimum absolute atomic E-state index is 0.0104. The number of fused-ring (bicyclic) bond motifs is 4. The number of nitrogens with zero attached hydrogens (tertiary/aromatic N) is 8. The summed E-state index contributed by atoms with van der Waals surface area (Å²) in [6.45, 7) is 8.63. The van der Waals surface area contributed by atoms with Crippen LogP contribution in [-0.4, -0.2) is 152 Å². The first-order valence-electron chi connectivity index (χ1n) is 21.8. The molecular weight excluding hydrogens is 815 g/mol. The highest BCUT2D eigenvalue weighted by Crippen LogP contribution is 2.35. The molecule has 8 atom stereocenters. The Morgan fingerprint density at radius 3 is 1.71 bits per heavy atom. The van der Waals surface area contributed by atoms with Crippen molar-refractivity contribution in [1.29, 1.82) is 10.5 Å². The van der Waals surface area contributed by atoms with Crippen LogP contribution in [0.4, 0.5) is 13.6 Å². The number of carbonyl (C=O) groups is 5. The molecule has 8 rings (SSSR count). The third kappa shape index (κ3) is 10.2. The van der Waals surface area contributed by atoms with Gasteiger partial charge in [-0.25, -0.2) is 13.6 Å². The van der Waals surface area contributed by atoms with E-state index in [2.05, 4.69) is 17.5 Å². The topological polar surface area (TPSA) is 200 Å². The maximum absolute atomic E-state index is 13.6. The zero-order valence-corrected chi connectivity index (χ0v) is 36.0. The molecule has 336 valence electrons. The van der Waals surface area contributed by atoms with Crippen molar-refractivity contribution in [1.82, 2.24) is 34.7 Å². The second-order valence-electron chi connectivity index (χ2n) is 18.4. The third-order valence-electron chi connectivity index (χ3n) is 12.8. The zero-order chi connectivity index (χ0) is 45.2. The molecule has 4 bridgehead atoms. The van der Waals surface area contributed by atoms with Gasteiger partial charge in [0.25, 0.3) is 0 Å². The molecule has 6 fully saturated rings. The number of alkyl carbamates (subject to hydrolysis) is 1. The quantitative estimate of drug-likeness (QED) is 0.337. The largest absolute Gasteiger partial charge is 0.444 e. The summed E-state index contributed by atoms with van der Waals surface area (Å²) in [6.07, 6.45) is 3.45. The van der Waals surface area contributed by atoms with Crippen molar-refractivity contribution in [2.45, 2.75) is 126 Å². The number of nitrogens with two attached hydrogens (primary N) is 1. The summed E-state index contributed by atoms with van der Waals surface area (Å²) in [4.78, 5) is 75.0. The van der Waals surface area contributed by atoms with Crippen LogP contribution in [0.5, 0.6) is 0 Å². The summed E-state index contributed by atoms with van der Waals surface area (Å²) in [6, 6.07) is 13.6. The standard InChI is InChI=1S/C25H32FN5O4.C20H24FN5O2/c1-25(2,3)35-24(34)28-20(22(32)30-9-5-8-18(30)12-27)15-29-14-19-11-21(29)23(33)31(19)13-16-6-4-7-17(26)10-16;21-14-4-1-3-13(7-14)10-26-16-8-18(20(26)28)24(11-16)12-17(23)19(27)25-6-2-5-15(25)9-22/h4,6-7,10,18-21H,5,8-9,11,13-15H2,1-3H3,(H,28,34);1,3-4,7,15-18H,2,5-6,8,10-12,23H2/t18-,19-,20-,21-;15-,16-,17-,18-/m00/s1. The van der Waals surface area contributed by atoms with Gasteiger partial charge >= 0.3 is 6.09 Å². The number of nitriles is 2. The van der Waals surface area contributed by atoms with Crippen molar-refractivity contribution >= 4 is 29.7 Å². The highest BCUT2D eigenvalue weighted by atomic mass is 19.1. The normalized spacial score (nSPS) is 26.3. The van der Waals surface area contributed by atoms with Crippen molar-refractivity contribution in [3.8, 4) is 12.1 Å². The number of carbonyl (C=O) groups excluding carboxylic acids is 5. The van der Waals surface area contributed by atoms with Crippen molar-refractivity contribution in [3.05, 3.63) is 71.3 Å². The van der Waals surface area contributed by atoms with Crippen LogP contribution in [0, 0.1) is 34.3 Å². The molecular formula is C45H56F2N10O6. The first kappa shape index (κ1) is 45.3. The van der Waals surface area contributed by atoms with Crippen molar-refractivity contribution in [2.24, 2.45) is 5.73 Å². The number of likely N-dealkylation sites (tertiary alicyclic amines) is 6. The lowest BCUT2D eigenvalue weighted by Gasteiger charge is -2.36. The molecule has 3 N–H and O–H groups in total. The smallest absolute Gasteiger partial charge is 0.408 e. The van der Waals surface area contributed by atoms with Gasteiger partial charge in [-0.3, -0.25) is 29.0 Å². The summed E-state index contributed by atoms with van der Waals surface area (Å²) in [5, 5.41) is 21.3. The zero-order valence-electron chi connectivity index (χ0n) is 36.0. The van der Waals surface area contributed by atoms with Gasteiger partial charge in [0.05, 0.1) is 30.3 Å². The van der Waals surface area contributed by atoms with E-state index in [0.29, 0.717) is 71.5 Å². The van der Waals surface area contributed by atoms with Gasteiger partial charge < -0.3 is 35.4 Å². The van der Waals surface area contributed by atoms with Crippen molar-refractivity contribution in [3.63, 3.8) is 0 Å². The van der Waals surface area contributed by atoms with Gasteiger partial charge in [0, 0.05) is 64.4 Å². The Hall–Kier alpha value is -5.69. The average Bonchev–Trinajstić information content (AvgIpc) is 4.10. The fourth-order valence-electron chi connectivity index (χ4n) is 9.89. The highest BCUT2D eigenvalue weighted by Gasteiger charge is 2.52. The van der Waals surface area contributed by atoms with Gasteiger partial charge in [0.1, 0.15) is 35.4 Å². The fraction of sp³-hybridized carbons (Fsp3) is 0.578. The van der Waals surface area contributed by atoms with E-state index in [1.165, 1.54) is 29.2 Å². The second-order valence-corrected chi connectivity index (χ2v) is 18.4. The van der Waals surface area contributed by atoms with E-state index in [4.69, 9.17) is 10.5 Å². The third-order valence-corrected chi connectivity index (χ3v) is 12.8. The van der Waals surface area contributed by atoms with E-state index in [1.807, 2.05) is 15.9 Å². The number of piperazine rings is 2. The molecule has 6 aliphatic rings. The first-order chi connectivity index (χ1) is 30.0. The molecule has 6 aliphatic heterocycles. The first-order valence-corrected chi connectivity index (χ1v) is 21.8. The van der Waals surface area contributed by atoms with E-state index in [-0.39, 0.29) is 59.9 Å². The molecule has 16 nitrogen and oxygen atoms in total. The molecule has 2 aromatic rings. The van der Waals surface area contributed by atoms with Crippen LogP contribution >= 0.6 is 0 Å². The predicted molar refractivity (Wildman–Crippen MR) is 223 cm³/mol. The lowest BCUT2D eigenvalue weighted by molar-refractivity contribution is -0.140. The maximum Gasteiger partial charge on any atom is 0.408 e. The lowest BCUT2D eigenvalue weighted by atomic mass is 10.1. The summed E-state index contributed by atoms with van der Waals surface area (Å²) < 4.78 is 32.4. The maximum atomic E-state index is 13.6. The summed E-state index contributed by atoms with van der Waals surface area (Å²) >= 11 is 0. The van der Waals surface area contributed by atoms with Crippen LogP contribution in [0.15, 0.2) is 48.5 Å². The number of benzene rings is 2. The Labute approximate surface area is 366 Å². The second kappa shape index (κ2) is 19.0. The minimum Gasteiger partial charge on any atom is -0.444 e. The van der Waals surface area contributed by atoms with Gasteiger partial charge in [-0.1, -0.05) is 24.3 Å². The van der Waals surface area contributed by atoms with E-state index in [1.54, 1.807) is 53.7 Å². The predicted octanol–water partition coefficient (Wildman–Crippen LogP) is 2.47. The number of nitrogens with one attached hydrogen (secondary N) is 1. The Morgan fingerprint density at radius 2 is 1.27 bits per heavy atom. The van der Waals surface area contributed by atoms with Crippen LogP contribution in [0.3, 0.4) is 0 Å². The number of hydrogen-bond acceptors (Lipinski definition) is 11. The Balaban J connectivity index is 0.000000193. The summed E-state index contributed by atoms with van der Waals surface area (Å²) in [5.74, 6) is -1.25. The highest BCUT2D eigenvalue weighted by molar-refractivity contribution is 5.88. The van der Waals surface area contributed by atoms with Gasteiger partial charge in [-0.2, -0.15) is 10.5 Å². The number of hydrogen-bond donors (Lipinski definition) is 2. The van der Waals surface area contributed by atoms with E-state index < -0.39 is 41.9 Å². The monoisotopic (exact) mass is 870 g/mol. The summed E-state index contributed by atoms with van der Waals surface area (Å²) in [5.41, 5.74) is 6.91. The van der Waals surface area contributed by atoms with Gasteiger partial charge in [-0.05, 0) is 94.7 Å². The minimum atomic E-state index is -0.942. The molecule has 2 aromatic carbocycles. The number of ether oxygens (including phenoxy) is 1. The number of halogens is 2. The van der Waals surface area contributed by atoms with E-state index in [0.717, 1.165) is 24.0 Å². The number of rotatable bonds is 11. The Morgan fingerprint density at radius 1 is 0.794 bits per heavy atom. The van der Waals surface area contributed by atoms with Crippen molar-refractivity contribution < 1.29 is 37.5 Å². The van der Waals surface area contributed by atoms with Gasteiger partial charge in [0.2, 0.25) is 23.6 Å². The molecule has 63 heavy (non-hydrogen) atoms. The van der Waals surface area contributed by atoms with Crippen LogP contribution < -0.4 is 11.1 Å². The molecule has 0 radical (unpaired) electrons. The Kier molecular flexibility index (Phi) is 13.6.